The standard InChI is InChI=1S/C14H16N4OS/c1-8(16-7-13-10(15)4-5-20-13)9-2-3-11-12(6-9)18-14(19)17-11/h2-6,8,16H,7,15H2,1H3,(H2,17,18,19). The van der Waals surface area contributed by atoms with Gasteiger partial charge in [-0.25, -0.2) is 4.79 Å². The van der Waals surface area contributed by atoms with Gasteiger partial charge in [-0.15, -0.1) is 11.3 Å². The maximum atomic E-state index is 11.2. The summed E-state index contributed by atoms with van der Waals surface area (Å²) >= 11 is 1.65. The summed E-state index contributed by atoms with van der Waals surface area (Å²) in [5.41, 5.74) is 9.31. The third-order valence-corrected chi connectivity index (χ3v) is 4.33. The molecule has 0 aliphatic carbocycles. The number of anilines is 1. The molecule has 6 heteroatoms. The van der Waals surface area contributed by atoms with Crippen LogP contribution in [0.4, 0.5) is 5.69 Å². The van der Waals surface area contributed by atoms with Crippen molar-refractivity contribution in [2.45, 2.75) is 19.5 Å². The zero-order valence-electron chi connectivity index (χ0n) is 11.1. The van der Waals surface area contributed by atoms with Gasteiger partial charge >= 0.3 is 5.69 Å². The number of nitrogen functional groups attached to an aromatic ring is 1. The average Bonchev–Trinajstić information content (AvgIpc) is 2.99. The summed E-state index contributed by atoms with van der Waals surface area (Å²) in [5.74, 6) is 0. The Hall–Kier alpha value is -2.05. The van der Waals surface area contributed by atoms with Gasteiger partial charge < -0.3 is 21.0 Å². The fraction of sp³-hybridized carbons (Fsp3) is 0.214. The minimum absolute atomic E-state index is 0.177. The maximum absolute atomic E-state index is 11.2. The van der Waals surface area contributed by atoms with Crippen molar-refractivity contribution in [2.75, 3.05) is 5.73 Å². The van der Waals surface area contributed by atoms with E-state index in [0.29, 0.717) is 0 Å². The smallest absolute Gasteiger partial charge is 0.323 e. The van der Waals surface area contributed by atoms with E-state index >= 15 is 0 Å². The Balaban J connectivity index is 1.76. The normalized spacial score (nSPS) is 12.8. The van der Waals surface area contributed by atoms with E-state index in [9.17, 15) is 4.79 Å². The van der Waals surface area contributed by atoms with Gasteiger partial charge in [-0.1, -0.05) is 6.07 Å². The van der Waals surface area contributed by atoms with Crippen molar-refractivity contribution < 1.29 is 0 Å². The Morgan fingerprint density at radius 2 is 2.10 bits per heavy atom. The fourth-order valence-electron chi connectivity index (χ4n) is 2.18. The highest BCUT2D eigenvalue weighted by atomic mass is 32.1. The molecule has 0 amide bonds. The second kappa shape index (κ2) is 5.15. The highest BCUT2D eigenvalue weighted by Crippen LogP contribution is 2.21. The van der Waals surface area contributed by atoms with Crippen LogP contribution in [0.1, 0.15) is 23.4 Å². The van der Waals surface area contributed by atoms with Crippen LogP contribution in [0.15, 0.2) is 34.4 Å². The van der Waals surface area contributed by atoms with Gasteiger partial charge in [0.1, 0.15) is 0 Å². The Morgan fingerprint density at radius 1 is 1.30 bits per heavy atom. The molecule has 0 saturated carbocycles. The number of nitrogens with one attached hydrogen (secondary N) is 3. The van der Waals surface area contributed by atoms with E-state index in [1.807, 2.05) is 29.6 Å². The average molecular weight is 288 g/mol. The van der Waals surface area contributed by atoms with E-state index in [1.54, 1.807) is 11.3 Å². The van der Waals surface area contributed by atoms with Gasteiger partial charge in [0.15, 0.2) is 0 Å². The number of aromatic nitrogens is 2. The summed E-state index contributed by atoms with van der Waals surface area (Å²) in [6, 6.07) is 8.02. The zero-order chi connectivity index (χ0) is 14.1. The van der Waals surface area contributed by atoms with Crippen molar-refractivity contribution in [3.05, 3.63) is 50.6 Å². The number of fused-ring (bicyclic) bond motifs is 1. The Morgan fingerprint density at radius 3 is 2.85 bits per heavy atom. The molecule has 0 saturated heterocycles. The van der Waals surface area contributed by atoms with Crippen molar-refractivity contribution in [3.8, 4) is 0 Å². The lowest BCUT2D eigenvalue weighted by atomic mass is 10.1. The summed E-state index contributed by atoms with van der Waals surface area (Å²) in [6.07, 6.45) is 0. The minimum Gasteiger partial charge on any atom is -0.398 e. The first-order valence-corrected chi connectivity index (χ1v) is 7.28. The van der Waals surface area contributed by atoms with E-state index < -0.39 is 0 Å². The van der Waals surface area contributed by atoms with Crippen LogP contribution in [0.25, 0.3) is 11.0 Å². The zero-order valence-corrected chi connectivity index (χ0v) is 11.9. The van der Waals surface area contributed by atoms with Crippen LogP contribution >= 0.6 is 11.3 Å². The number of rotatable bonds is 4. The SMILES string of the molecule is CC(NCc1sccc1N)c1ccc2[nH]c(=O)[nH]c2c1. The van der Waals surface area contributed by atoms with Crippen LogP contribution in [0.2, 0.25) is 0 Å². The minimum atomic E-state index is -0.177. The molecular weight excluding hydrogens is 272 g/mol. The summed E-state index contributed by atoms with van der Waals surface area (Å²) in [6.45, 7) is 2.84. The third-order valence-electron chi connectivity index (χ3n) is 3.39. The molecular formula is C14H16N4OS. The van der Waals surface area contributed by atoms with Gasteiger partial charge in [0, 0.05) is 23.2 Å². The predicted octanol–water partition coefficient (Wildman–Crippen LogP) is 2.35. The molecule has 5 N–H and O–H groups in total. The van der Waals surface area contributed by atoms with Crippen LogP contribution in [0.5, 0.6) is 0 Å². The van der Waals surface area contributed by atoms with Gasteiger partial charge in [0.05, 0.1) is 11.0 Å². The Kier molecular flexibility index (Phi) is 3.33. The molecule has 0 spiro atoms. The van der Waals surface area contributed by atoms with E-state index in [0.717, 1.165) is 33.7 Å². The van der Waals surface area contributed by atoms with Crippen molar-refractivity contribution in [2.24, 2.45) is 0 Å². The first kappa shape index (κ1) is 13.0. The number of imidazole rings is 1. The number of benzene rings is 1. The predicted molar refractivity (Wildman–Crippen MR) is 82.9 cm³/mol. The van der Waals surface area contributed by atoms with Crippen LogP contribution in [0, 0.1) is 0 Å². The topological polar surface area (TPSA) is 86.7 Å². The highest BCUT2D eigenvalue weighted by molar-refractivity contribution is 7.10. The molecule has 1 aromatic carbocycles. The number of hydrogen-bond donors (Lipinski definition) is 4. The molecule has 0 fully saturated rings. The summed E-state index contributed by atoms with van der Waals surface area (Å²) in [4.78, 5) is 17.9. The molecule has 2 aromatic heterocycles. The molecule has 3 rings (SSSR count). The van der Waals surface area contributed by atoms with Crippen LogP contribution in [-0.4, -0.2) is 9.97 Å². The van der Waals surface area contributed by atoms with Crippen molar-refractivity contribution in [1.82, 2.24) is 15.3 Å². The van der Waals surface area contributed by atoms with Gasteiger partial charge in [0.2, 0.25) is 0 Å². The molecule has 3 aromatic rings. The number of thiophene rings is 1. The van der Waals surface area contributed by atoms with Crippen molar-refractivity contribution in [1.29, 1.82) is 0 Å². The molecule has 20 heavy (non-hydrogen) atoms. The fourth-order valence-corrected chi connectivity index (χ4v) is 2.93. The molecule has 1 atom stereocenters. The maximum Gasteiger partial charge on any atom is 0.323 e. The Labute approximate surface area is 119 Å². The van der Waals surface area contributed by atoms with E-state index in [2.05, 4.69) is 22.2 Å². The lowest BCUT2D eigenvalue weighted by molar-refractivity contribution is 0.580. The third kappa shape index (κ3) is 2.48. The van der Waals surface area contributed by atoms with Gasteiger partial charge in [-0.05, 0) is 36.1 Å². The molecule has 1 unspecified atom stereocenters. The largest absolute Gasteiger partial charge is 0.398 e. The van der Waals surface area contributed by atoms with Crippen molar-refractivity contribution >= 4 is 28.1 Å². The van der Waals surface area contributed by atoms with Gasteiger partial charge in [-0.3, -0.25) is 0 Å². The number of aromatic amines is 2. The molecule has 0 aliphatic rings. The van der Waals surface area contributed by atoms with Crippen LogP contribution in [-0.2, 0) is 6.54 Å². The van der Waals surface area contributed by atoms with Crippen LogP contribution in [0.3, 0.4) is 0 Å². The van der Waals surface area contributed by atoms with Crippen LogP contribution < -0.4 is 16.7 Å². The summed E-state index contributed by atoms with van der Waals surface area (Å²) in [5, 5.41) is 5.44. The monoisotopic (exact) mass is 288 g/mol. The second-order valence-corrected chi connectivity index (χ2v) is 5.79. The quantitative estimate of drug-likeness (QED) is 0.594. The molecule has 0 radical (unpaired) electrons. The first-order chi connectivity index (χ1) is 9.63. The Bertz CT molecular complexity index is 786. The van der Waals surface area contributed by atoms with Gasteiger partial charge in [0.25, 0.3) is 0 Å². The van der Waals surface area contributed by atoms with Gasteiger partial charge in [-0.2, -0.15) is 0 Å². The number of nitrogens with two attached hydrogens (primary N) is 1. The number of hydrogen-bond acceptors (Lipinski definition) is 4. The summed E-state index contributed by atoms with van der Waals surface area (Å²) in [7, 11) is 0. The lowest BCUT2D eigenvalue weighted by Crippen LogP contribution is -2.18. The molecule has 104 valence electrons. The second-order valence-electron chi connectivity index (χ2n) is 4.79. The van der Waals surface area contributed by atoms with E-state index in [1.165, 1.54) is 0 Å². The van der Waals surface area contributed by atoms with E-state index in [-0.39, 0.29) is 11.7 Å². The van der Waals surface area contributed by atoms with E-state index in [4.69, 9.17) is 5.73 Å². The highest BCUT2D eigenvalue weighted by Gasteiger charge is 2.08. The lowest BCUT2D eigenvalue weighted by Gasteiger charge is -2.14. The molecule has 0 bridgehead atoms. The summed E-state index contributed by atoms with van der Waals surface area (Å²) < 4.78 is 0. The molecule has 5 nitrogen and oxygen atoms in total. The van der Waals surface area contributed by atoms with Crippen molar-refractivity contribution in [3.63, 3.8) is 0 Å². The first-order valence-electron chi connectivity index (χ1n) is 6.40. The number of H-pyrrole nitrogens is 2. The molecule has 2 heterocycles. The molecule has 0 aliphatic heterocycles.